The topological polar surface area (TPSA) is 12.0 Å². The summed E-state index contributed by atoms with van der Waals surface area (Å²) in [5, 5.41) is 4.35. The van der Waals surface area contributed by atoms with Gasteiger partial charge in [0, 0.05) is 29.1 Å². The third kappa shape index (κ3) is 5.99. The fraction of sp³-hybridized carbons (Fsp3) is 0.429. The van der Waals surface area contributed by atoms with Crippen molar-refractivity contribution in [3.63, 3.8) is 0 Å². The average molecular weight is 272 g/mol. The van der Waals surface area contributed by atoms with E-state index >= 15 is 0 Å². The lowest BCUT2D eigenvalue weighted by molar-refractivity contribution is 0.733. The SMILES string of the molecule is CC/C=C(\CC(C)Cl)NCc1ccc(Cl)cc1. The Labute approximate surface area is 114 Å². The van der Waals surface area contributed by atoms with Crippen molar-refractivity contribution in [2.75, 3.05) is 0 Å². The first-order valence-electron chi connectivity index (χ1n) is 5.93. The third-order valence-corrected chi connectivity index (χ3v) is 2.79. The fourth-order valence-corrected chi connectivity index (χ4v) is 1.89. The van der Waals surface area contributed by atoms with Crippen molar-refractivity contribution in [3.8, 4) is 0 Å². The van der Waals surface area contributed by atoms with Gasteiger partial charge in [0.15, 0.2) is 0 Å². The van der Waals surface area contributed by atoms with Gasteiger partial charge >= 0.3 is 0 Å². The maximum atomic E-state index is 6.01. The van der Waals surface area contributed by atoms with E-state index < -0.39 is 0 Å². The van der Waals surface area contributed by atoms with Gasteiger partial charge in [-0.05, 0) is 31.0 Å². The Hall–Kier alpha value is -0.660. The molecule has 0 fully saturated rings. The first kappa shape index (κ1) is 14.4. The largest absolute Gasteiger partial charge is 0.384 e. The van der Waals surface area contributed by atoms with Crippen molar-refractivity contribution in [2.24, 2.45) is 0 Å². The Kier molecular flexibility index (Phi) is 6.46. The fourth-order valence-electron chi connectivity index (χ4n) is 1.59. The van der Waals surface area contributed by atoms with Gasteiger partial charge < -0.3 is 5.32 Å². The molecular formula is C14H19Cl2N. The van der Waals surface area contributed by atoms with E-state index in [9.17, 15) is 0 Å². The Balaban J connectivity index is 2.51. The second kappa shape index (κ2) is 7.62. The van der Waals surface area contributed by atoms with Gasteiger partial charge in [-0.25, -0.2) is 0 Å². The molecule has 0 radical (unpaired) electrons. The highest BCUT2D eigenvalue weighted by Gasteiger charge is 2.02. The normalized spacial score (nSPS) is 13.5. The highest BCUT2D eigenvalue weighted by atomic mass is 35.5. The Morgan fingerprint density at radius 1 is 1.35 bits per heavy atom. The third-order valence-electron chi connectivity index (χ3n) is 2.38. The van der Waals surface area contributed by atoms with Gasteiger partial charge in [0.25, 0.3) is 0 Å². The number of alkyl halides is 1. The minimum atomic E-state index is 0.158. The summed E-state index contributed by atoms with van der Waals surface area (Å²) in [6, 6.07) is 7.88. The molecule has 17 heavy (non-hydrogen) atoms. The molecule has 0 saturated heterocycles. The van der Waals surface area contributed by atoms with Crippen LogP contribution in [0.1, 0.15) is 32.3 Å². The molecule has 1 atom stereocenters. The maximum Gasteiger partial charge on any atom is 0.0406 e. The molecule has 1 N–H and O–H groups in total. The number of allylic oxidation sites excluding steroid dienone is 2. The number of benzene rings is 1. The maximum absolute atomic E-state index is 6.01. The van der Waals surface area contributed by atoms with Gasteiger partial charge in [0.2, 0.25) is 0 Å². The molecule has 1 aromatic rings. The van der Waals surface area contributed by atoms with Crippen molar-refractivity contribution >= 4 is 23.2 Å². The lowest BCUT2D eigenvalue weighted by atomic mass is 10.2. The molecule has 94 valence electrons. The van der Waals surface area contributed by atoms with Crippen molar-refractivity contribution in [1.29, 1.82) is 0 Å². The van der Waals surface area contributed by atoms with E-state index in [1.165, 1.54) is 11.3 Å². The van der Waals surface area contributed by atoms with E-state index in [0.717, 1.165) is 24.4 Å². The predicted octanol–water partition coefficient (Wildman–Crippen LogP) is 4.74. The molecule has 0 aromatic heterocycles. The lowest BCUT2D eigenvalue weighted by Gasteiger charge is -2.12. The van der Waals surface area contributed by atoms with Crippen LogP contribution >= 0.6 is 23.2 Å². The minimum Gasteiger partial charge on any atom is -0.384 e. The molecule has 1 rings (SSSR count). The van der Waals surface area contributed by atoms with Crippen LogP contribution in [0, 0.1) is 0 Å². The number of hydrogen-bond donors (Lipinski definition) is 1. The molecule has 1 aromatic carbocycles. The minimum absolute atomic E-state index is 0.158. The number of halogens is 2. The zero-order chi connectivity index (χ0) is 12.7. The monoisotopic (exact) mass is 271 g/mol. The van der Waals surface area contributed by atoms with Crippen LogP contribution in [0.5, 0.6) is 0 Å². The quantitative estimate of drug-likeness (QED) is 0.737. The van der Waals surface area contributed by atoms with Crippen LogP contribution in [-0.4, -0.2) is 5.38 Å². The lowest BCUT2D eigenvalue weighted by Crippen LogP contribution is -2.15. The molecule has 1 nitrogen and oxygen atoms in total. The summed E-state index contributed by atoms with van der Waals surface area (Å²) in [7, 11) is 0. The van der Waals surface area contributed by atoms with Crippen molar-refractivity contribution in [2.45, 2.75) is 38.6 Å². The summed E-state index contributed by atoms with van der Waals surface area (Å²) in [5.41, 5.74) is 2.43. The van der Waals surface area contributed by atoms with Crippen LogP contribution in [0.4, 0.5) is 0 Å². The summed E-state index contributed by atoms with van der Waals surface area (Å²) >= 11 is 11.9. The zero-order valence-corrected chi connectivity index (χ0v) is 11.9. The van der Waals surface area contributed by atoms with Crippen LogP contribution in [0.2, 0.25) is 5.02 Å². The van der Waals surface area contributed by atoms with E-state index in [0.29, 0.717) is 0 Å². The van der Waals surface area contributed by atoms with Crippen molar-refractivity contribution < 1.29 is 0 Å². The Morgan fingerprint density at radius 2 is 2.00 bits per heavy atom. The molecule has 0 amide bonds. The Bertz CT molecular complexity index is 355. The highest BCUT2D eigenvalue weighted by Crippen LogP contribution is 2.12. The van der Waals surface area contributed by atoms with E-state index in [-0.39, 0.29) is 5.38 Å². The van der Waals surface area contributed by atoms with Crippen LogP contribution in [0.25, 0.3) is 0 Å². The van der Waals surface area contributed by atoms with Gasteiger partial charge in [-0.2, -0.15) is 0 Å². The first-order chi connectivity index (χ1) is 8.11. The molecule has 0 spiro atoms. The standard InChI is InChI=1S/C14H19Cl2N/c1-3-4-14(9-11(2)15)17-10-12-5-7-13(16)8-6-12/h4-8,11,17H,3,9-10H2,1-2H3/b14-4+. The van der Waals surface area contributed by atoms with Crippen molar-refractivity contribution in [3.05, 3.63) is 46.6 Å². The van der Waals surface area contributed by atoms with Gasteiger partial charge in [-0.3, -0.25) is 0 Å². The summed E-state index contributed by atoms with van der Waals surface area (Å²) in [6.45, 7) is 4.95. The molecule has 0 aliphatic carbocycles. The molecular weight excluding hydrogens is 253 g/mol. The van der Waals surface area contributed by atoms with Gasteiger partial charge in [-0.15, -0.1) is 11.6 Å². The van der Waals surface area contributed by atoms with Crippen LogP contribution in [-0.2, 0) is 6.54 Å². The van der Waals surface area contributed by atoms with Crippen LogP contribution in [0.3, 0.4) is 0 Å². The van der Waals surface area contributed by atoms with Gasteiger partial charge in [0.1, 0.15) is 0 Å². The molecule has 0 saturated carbocycles. The summed E-state index contributed by atoms with van der Waals surface area (Å²) in [5.74, 6) is 0. The molecule has 3 heteroatoms. The van der Waals surface area contributed by atoms with E-state index in [4.69, 9.17) is 23.2 Å². The smallest absolute Gasteiger partial charge is 0.0406 e. The number of nitrogens with one attached hydrogen (secondary N) is 1. The first-order valence-corrected chi connectivity index (χ1v) is 6.74. The number of hydrogen-bond acceptors (Lipinski definition) is 1. The predicted molar refractivity (Wildman–Crippen MR) is 76.6 cm³/mol. The summed E-state index contributed by atoms with van der Waals surface area (Å²) in [4.78, 5) is 0. The summed E-state index contributed by atoms with van der Waals surface area (Å²) < 4.78 is 0. The number of rotatable bonds is 6. The van der Waals surface area contributed by atoms with E-state index in [1.54, 1.807) is 0 Å². The molecule has 0 aliphatic rings. The van der Waals surface area contributed by atoms with E-state index in [2.05, 4.69) is 18.3 Å². The zero-order valence-electron chi connectivity index (χ0n) is 10.3. The molecule has 1 unspecified atom stereocenters. The Morgan fingerprint density at radius 3 is 2.53 bits per heavy atom. The van der Waals surface area contributed by atoms with Crippen LogP contribution < -0.4 is 5.32 Å². The highest BCUT2D eigenvalue weighted by molar-refractivity contribution is 6.30. The van der Waals surface area contributed by atoms with Crippen LogP contribution in [0.15, 0.2) is 36.0 Å². The van der Waals surface area contributed by atoms with Gasteiger partial charge in [0.05, 0.1) is 0 Å². The molecule has 0 aliphatic heterocycles. The van der Waals surface area contributed by atoms with E-state index in [1.807, 2.05) is 31.2 Å². The second-order valence-electron chi connectivity index (χ2n) is 4.10. The summed E-state index contributed by atoms with van der Waals surface area (Å²) in [6.07, 6.45) is 4.09. The van der Waals surface area contributed by atoms with Crippen molar-refractivity contribution in [1.82, 2.24) is 5.32 Å². The molecule has 0 bridgehead atoms. The van der Waals surface area contributed by atoms with Gasteiger partial charge in [-0.1, -0.05) is 36.7 Å². The average Bonchev–Trinajstić information content (AvgIpc) is 2.27. The second-order valence-corrected chi connectivity index (χ2v) is 5.28. The molecule has 0 heterocycles.